The second-order valence-electron chi connectivity index (χ2n) is 6.39. The van der Waals surface area contributed by atoms with Gasteiger partial charge in [0.1, 0.15) is 5.75 Å². The lowest BCUT2D eigenvalue weighted by molar-refractivity contribution is -0.138. The molecule has 1 heterocycles. The number of methoxy groups -OCH3 is 1. The summed E-state index contributed by atoms with van der Waals surface area (Å²) in [4.78, 5) is 14.5. The van der Waals surface area contributed by atoms with Crippen LogP contribution in [0.3, 0.4) is 0 Å². The van der Waals surface area contributed by atoms with E-state index in [1.165, 1.54) is 5.56 Å². The maximum absolute atomic E-state index is 12.6. The molecule has 4 heteroatoms. The van der Waals surface area contributed by atoms with Crippen molar-refractivity contribution in [3.8, 4) is 5.75 Å². The Hall–Kier alpha value is -2.33. The van der Waals surface area contributed by atoms with Crippen molar-refractivity contribution in [2.24, 2.45) is 0 Å². The quantitative estimate of drug-likeness (QED) is 0.812. The number of hydrogen-bond acceptors (Lipinski definition) is 3. The average Bonchev–Trinajstić information content (AvgIpc) is 2.67. The van der Waals surface area contributed by atoms with Gasteiger partial charge in [-0.25, -0.2) is 0 Å². The fourth-order valence-electron chi connectivity index (χ4n) is 3.16. The van der Waals surface area contributed by atoms with Crippen LogP contribution in [0.15, 0.2) is 54.6 Å². The molecule has 2 aromatic rings. The summed E-state index contributed by atoms with van der Waals surface area (Å²) in [6.07, 6.45) is 2.43. The van der Waals surface area contributed by atoms with Crippen LogP contribution in [0.5, 0.6) is 5.75 Å². The first-order chi connectivity index (χ1) is 12.2. The average molecular weight is 339 g/mol. The molecule has 3 rings (SSSR count). The lowest BCUT2D eigenvalue weighted by Gasteiger charge is -2.33. The van der Waals surface area contributed by atoms with E-state index < -0.39 is 0 Å². The summed E-state index contributed by atoms with van der Waals surface area (Å²) < 4.78 is 11.1. The van der Waals surface area contributed by atoms with Crippen LogP contribution < -0.4 is 4.74 Å². The number of morpholine rings is 1. The molecule has 1 amide bonds. The van der Waals surface area contributed by atoms with Crippen molar-refractivity contribution in [1.29, 1.82) is 0 Å². The standard InChI is InChI=1S/C21H25NO3/c1-24-19-9-5-8-18(14-19)15-21(23)22-12-13-25-20(16-22)11-10-17-6-3-2-4-7-17/h2-9,14,20H,10-13,15-16H2,1H3. The Morgan fingerprint density at radius 2 is 1.96 bits per heavy atom. The van der Waals surface area contributed by atoms with Crippen molar-refractivity contribution in [2.45, 2.75) is 25.4 Å². The summed E-state index contributed by atoms with van der Waals surface area (Å²) in [5, 5.41) is 0. The number of carbonyl (C=O) groups is 1. The second kappa shape index (κ2) is 8.67. The number of nitrogens with zero attached hydrogens (tertiary/aromatic N) is 1. The molecular formula is C21H25NO3. The third-order valence-electron chi connectivity index (χ3n) is 4.58. The van der Waals surface area contributed by atoms with Crippen LogP contribution in [0.2, 0.25) is 0 Å². The van der Waals surface area contributed by atoms with Gasteiger partial charge >= 0.3 is 0 Å². The molecule has 1 saturated heterocycles. The zero-order valence-electron chi connectivity index (χ0n) is 14.7. The lowest BCUT2D eigenvalue weighted by atomic mass is 10.1. The monoisotopic (exact) mass is 339 g/mol. The molecule has 2 aromatic carbocycles. The predicted molar refractivity (Wildman–Crippen MR) is 97.8 cm³/mol. The Bertz CT molecular complexity index is 687. The van der Waals surface area contributed by atoms with Crippen molar-refractivity contribution in [2.75, 3.05) is 26.8 Å². The van der Waals surface area contributed by atoms with Crippen molar-refractivity contribution in [3.63, 3.8) is 0 Å². The van der Waals surface area contributed by atoms with Crippen LogP contribution in [0, 0.1) is 0 Å². The van der Waals surface area contributed by atoms with Crippen molar-refractivity contribution < 1.29 is 14.3 Å². The molecule has 132 valence electrons. The summed E-state index contributed by atoms with van der Waals surface area (Å²) in [6, 6.07) is 18.1. The highest BCUT2D eigenvalue weighted by molar-refractivity contribution is 5.79. The fourth-order valence-corrected chi connectivity index (χ4v) is 3.16. The first-order valence-corrected chi connectivity index (χ1v) is 8.81. The minimum absolute atomic E-state index is 0.114. The Kier molecular flexibility index (Phi) is 6.07. The number of ether oxygens (including phenoxy) is 2. The fraction of sp³-hybridized carbons (Fsp3) is 0.381. The van der Waals surface area contributed by atoms with Gasteiger partial charge in [0.25, 0.3) is 0 Å². The van der Waals surface area contributed by atoms with Crippen molar-refractivity contribution >= 4 is 5.91 Å². The van der Waals surface area contributed by atoms with E-state index in [9.17, 15) is 4.79 Å². The van der Waals surface area contributed by atoms with Crippen LogP contribution in [0.25, 0.3) is 0 Å². The molecule has 1 aliphatic rings. The van der Waals surface area contributed by atoms with E-state index in [1.54, 1.807) is 7.11 Å². The Morgan fingerprint density at radius 3 is 2.76 bits per heavy atom. The number of benzene rings is 2. The largest absolute Gasteiger partial charge is 0.497 e. The molecule has 0 saturated carbocycles. The highest BCUT2D eigenvalue weighted by Crippen LogP contribution is 2.16. The van der Waals surface area contributed by atoms with Gasteiger partial charge in [0.2, 0.25) is 5.91 Å². The molecule has 25 heavy (non-hydrogen) atoms. The SMILES string of the molecule is COc1cccc(CC(=O)N2CCOC(CCc3ccccc3)C2)c1. The Morgan fingerprint density at radius 1 is 1.16 bits per heavy atom. The van der Waals surface area contributed by atoms with E-state index in [1.807, 2.05) is 35.2 Å². The van der Waals surface area contributed by atoms with Crippen LogP contribution in [-0.2, 0) is 22.4 Å². The normalized spacial score (nSPS) is 17.3. The Balaban J connectivity index is 1.52. The topological polar surface area (TPSA) is 38.8 Å². The van der Waals surface area contributed by atoms with Crippen LogP contribution in [-0.4, -0.2) is 43.7 Å². The zero-order valence-corrected chi connectivity index (χ0v) is 14.7. The molecule has 1 unspecified atom stereocenters. The second-order valence-corrected chi connectivity index (χ2v) is 6.39. The maximum atomic E-state index is 12.6. The molecule has 0 radical (unpaired) electrons. The molecule has 1 atom stereocenters. The first-order valence-electron chi connectivity index (χ1n) is 8.81. The van der Waals surface area contributed by atoms with E-state index in [2.05, 4.69) is 24.3 Å². The molecule has 0 bridgehead atoms. The molecule has 0 aliphatic carbocycles. The van der Waals surface area contributed by atoms with Gasteiger partial charge in [0.15, 0.2) is 0 Å². The third-order valence-corrected chi connectivity index (χ3v) is 4.58. The van der Waals surface area contributed by atoms with E-state index >= 15 is 0 Å². The molecule has 4 nitrogen and oxygen atoms in total. The van der Waals surface area contributed by atoms with Crippen LogP contribution in [0.1, 0.15) is 17.5 Å². The highest BCUT2D eigenvalue weighted by atomic mass is 16.5. The van der Waals surface area contributed by atoms with Crippen LogP contribution >= 0.6 is 0 Å². The molecular weight excluding hydrogens is 314 g/mol. The number of hydrogen-bond donors (Lipinski definition) is 0. The smallest absolute Gasteiger partial charge is 0.227 e. The molecule has 0 aromatic heterocycles. The lowest BCUT2D eigenvalue weighted by Crippen LogP contribution is -2.46. The third kappa shape index (κ3) is 5.07. The molecule has 1 fully saturated rings. The summed E-state index contributed by atoms with van der Waals surface area (Å²) in [6.45, 7) is 1.96. The molecule has 1 aliphatic heterocycles. The zero-order chi connectivity index (χ0) is 17.5. The number of rotatable bonds is 6. The highest BCUT2D eigenvalue weighted by Gasteiger charge is 2.24. The van der Waals surface area contributed by atoms with Gasteiger partial charge in [-0.1, -0.05) is 42.5 Å². The van der Waals surface area contributed by atoms with Gasteiger partial charge in [-0.3, -0.25) is 4.79 Å². The summed E-state index contributed by atoms with van der Waals surface area (Å²) in [5.74, 6) is 0.939. The summed E-state index contributed by atoms with van der Waals surface area (Å²) in [7, 11) is 1.64. The number of amides is 1. The minimum atomic E-state index is 0.114. The van der Waals surface area contributed by atoms with Gasteiger partial charge < -0.3 is 14.4 Å². The molecule has 0 N–H and O–H groups in total. The van der Waals surface area contributed by atoms with E-state index in [4.69, 9.17) is 9.47 Å². The van der Waals surface area contributed by atoms with Gasteiger partial charge in [0, 0.05) is 13.1 Å². The minimum Gasteiger partial charge on any atom is -0.497 e. The predicted octanol–water partition coefficient (Wildman–Crippen LogP) is 3.10. The van der Waals surface area contributed by atoms with Gasteiger partial charge in [-0.2, -0.15) is 0 Å². The van der Waals surface area contributed by atoms with E-state index in [0.29, 0.717) is 26.1 Å². The summed E-state index contributed by atoms with van der Waals surface area (Å²) in [5.41, 5.74) is 2.29. The molecule has 0 spiro atoms. The Labute approximate surface area is 149 Å². The van der Waals surface area contributed by atoms with Crippen LogP contribution in [0.4, 0.5) is 0 Å². The van der Waals surface area contributed by atoms with Gasteiger partial charge in [0.05, 0.1) is 26.2 Å². The first kappa shape index (κ1) is 17.5. The van der Waals surface area contributed by atoms with Crippen molar-refractivity contribution in [3.05, 3.63) is 65.7 Å². The summed E-state index contributed by atoms with van der Waals surface area (Å²) >= 11 is 0. The maximum Gasteiger partial charge on any atom is 0.227 e. The van der Waals surface area contributed by atoms with Crippen molar-refractivity contribution in [1.82, 2.24) is 4.90 Å². The van der Waals surface area contributed by atoms with Gasteiger partial charge in [-0.05, 0) is 36.1 Å². The van der Waals surface area contributed by atoms with E-state index in [-0.39, 0.29) is 12.0 Å². The number of carbonyl (C=O) groups excluding carboxylic acids is 1. The van der Waals surface area contributed by atoms with Gasteiger partial charge in [-0.15, -0.1) is 0 Å². The number of aryl methyl sites for hydroxylation is 1. The van der Waals surface area contributed by atoms with E-state index in [0.717, 1.165) is 24.2 Å².